The summed E-state index contributed by atoms with van der Waals surface area (Å²) in [6.07, 6.45) is 1.40. The van der Waals surface area contributed by atoms with Gasteiger partial charge in [-0.2, -0.15) is 9.40 Å². The molecule has 0 radical (unpaired) electrons. The lowest BCUT2D eigenvalue weighted by Crippen LogP contribution is -2.29. The summed E-state index contributed by atoms with van der Waals surface area (Å²) < 4.78 is 41.5. The van der Waals surface area contributed by atoms with E-state index in [0.29, 0.717) is 17.2 Å². The van der Waals surface area contributed by atoms with Crippen LogP contribution in [0.2, 0.25) is 0 Å². The molecule has 0 saturated carbocycles. The van der Waals surface area contributed by atoms with Crippen molar-refractivity contribution in [2.45, 2.75) is 10.9 Å². The van der Waals surface area contributed by atoms with Crippen molar-refractivity contribution in [2.75, 3.05) is 14.2 Å². The minimum Gasteiger partial charge on any atom is -0.497 e. The Morgan fingerprint density at radius 3 is 2.25 bits per heavy atom. The molecule has 32 heavy (non-hydrogen) atoms. The molecule has 4 aromatic rings. The topological polar surface area (TPSA) is 108 Å². The first-order chi connectivity index (χ1) is 15.5. The van der Waals surface area contributed by atoms with Crippen molar-refractivity contribution in [1.82, 2.24) is 24.9 Å². The van der Waals surface area contributed by atoms with E-state index in [9.17, 15) is 8.42 Å². The van der Waals surface area contributed by atoms with E-state index in [-0.39, 0.29) is 4.90 Å². The van der Waals surface area contributed by atoms with Crippen LogP contribution in [0.15, 0.2) is 84.0 Å². The maximum Gasteiger partial charge on any atom is 0.241 e. The minimum atomic E-state index is -3.91. The summed E-state index contributed by atoms with van der Waals surface area (Å²) in [5.74, 6) is 1.01. The van der Waals surface area contributed by atoms with Gasteiger partial charge >= 0.3 is 0 Å². The molecule has 0 aliphatic heterocycles. The molecule has 1 atom stereocenters. The van der Waals surface area contributed by atoms with E-state index in [1.54, 1.807) is 25.3 Å². The zero-order valence-corrected chi connectivity index (χ0v) is 18.2. The molecule has 0 bridgehead atoms. The lowest BCUT2D eigenvalue weighted by molar-refractivity contribution is 0.410. The van der Waals surface area contributed by atoms with Gasteiger partial charge in [-0.15, -0.1) is 5.10 Å². The fourth-order valence-corrected chi connectivity index (χ4v) is 4.51. The Labute approximate surface area is 185 Å². The number of nitrogens with one attached hydrogen (secondary N) is 1. The highest BCUT2D eigenvalue weighted by Gasteiger charge is 2.24. The van der Waals surface area contributed by atoms with Gasteiger partial charge < -0.3 is 9.47 Å². The zero-order valence-electron chi connectivity index (χ0n) is 17.4. The monoisotopic (exact) mass is 451 g/mol. The highest BCUT2D eigenvalue weighted by Crippen LogP contribution is 2.29. The lowest BCUT2D eigenvalue weighted by Gasteiger charge is -2.20. The zero-order chi connectivity index (χ0) is 22.6. The van der Waals surface area contributed by atoms with Crippen molar-refractivity contribution < 1.29 is 17.9 Å². The van der Waals surface area contributed by atoms with Gasteiger partial charge in [-0.05, 0) is 45.8 Å². The van der Waals surface area contributed by atoms with Crippen LogP contribution in [0.1, 0.15) is 17.2 Å². The molecular formula is C22H21N5O4S. The number of hydrogen-bond donors (Lipinski definition) is 1. The summed E-state index contributed by atoms with van der Waals surface area (Å²) in [5.41, 5.74) is 2.10. The van der Waals surface area contributed by atoms with Crippen molar-refractivity contribution in [1.29, 1.82) is 0 Å². The van der Waals surface area contributed by atoms with Crippen molar-refractivity contribution in [3.05, 3.63) is 90.3 Å². The van der Waals surface area contributed by atoms with E-state index >= 15 is 0 Å². The van der Waals surface area contributed by atoms with Gasteiger partial charge in [0.25, 0.3) is 0 Å². The average Bonchev–Trinajstić information content (AvgIpc) is 3.37. The van der Waals surface area contributed by atoms with E-state index in [1.807, 2.05) is 42.5 Å². The van der Waals surface area contributed by atoms with Crippen LogP contribution in [-0.4, -0.2) is 42.8 Å². The predicted molar refractivity (Wildman–Crippen MR) is 117 cm³/mol. The van der Waals surface area contributed by atoms with Gasteiger partial charge in [-0.25, -0.2) is 8.42 Å². The average molecular weight is 452 g/mol. The number of hydrogen-bond acceptors (Lipinski definition) is 7. The smallest absolute Gasteiger partial charge is 0.241 e. The molecule has 0 aliphatic carbocycles. The van der Waals surface area contributed by atoms with Crippen LogP contribution in [0.5, 0.6) is 11.5 Å². The molecule has 0 aliphatic rings. The van der Waals surface area contributed by atoms with Crippen molar-refractivity contribution in [2.24, 2.45) is 0 Å². The molecule has 0 fully saturated rings. The van der Waals surface area contributed by atoms with E-state index in [4.69, 9.17) is 9.47 Å². The van der Waals surface area contributed by atoms with E-state index in [0.717, 1.165) is 11.1 Å². The normalized spacial score (nSPS) is 12.3. The Hall–Kier alpha value is -3.76. The van der Waals surface area contributed by atoms with Crippen LogP contribution >= 0.6 is 0 Å². The van der Waals surface area contributed by atoms with Gasteiger partial charge in [0.1, 0.15) is 23.5 Å². The van der Waals surface area contributed by atoms with Crippen molar-refractivity contribution in [3.8, 4) is 17.2 Å². The molecule has 0 unspecified atom stereocenters. The second-order valence-corrected chi connectivity index (χ2v) is 8.54. The highest BCUT2D eigenvalue weighted by molar-refractivity contribution is 7.89. The first-order valence-corrected chi connectivity index (χ1v) is 11.1. The van der Waals surface area contributed by atoms with Gasteiger partial charge in [0, 0.05) is 6.07 Å². The van der Waals surface area contributed by atoms with Crippen LogP contribution < -0.4 is 14.2 Å². The predicted octanol–water partition coefficient (Wildman–Crippen LogP) is 2.75. The molecule has 0 spiro atoms. The van der Waals surface area contributed by atoms with Gasteiger partial charge in [-0.3, -0.25) is 0 Å². The number of benzene rings is 3. The van der Waals surface area contributed by atoms with Crippen LogP contribution in [0.25, 0.3) is 5.69 Å². The van der Waals surface area contributed by atoms with E-state index in [1.165, 1.54) is 30.3 Å². The largest absolute Gasteiger partial charge is 0.497 e. The number of methoxy groups -OCH3 is 2. The summed E-state index contributed by atoms with van der Waals surface area (Å²) in [4.78, 5) is 0.0561. The van der Waals surface area contributed by atoms with Gasteiger partial charge in [0.2, 0.25) is 10.0 Å². The second-order valence-electron chi connectivity index (χ2n) is 6.83. The first kappa shape index (κ1) is 21.5. The fraction of sp³-hybridized carbons (Fsp3) is 0.136. The van der Waals surface area contributed by atoms with E-state index in [2.05, 4.69) is 20.2 Å². The maximum atomic E-state index is 13.3. The number of ether oxygens (including phenoxy) is 2. The summed E-state index contributed by atoms with van der Waals surface area (Å²) >= 11 is 0. The number of tetrazole rings is 1. The quantitative estimate of drug-likeness (QED) is 0.439. The second kappa shape index (κ2) is 9.16. The molecule has 4 rings (SSSR count). The summed E-state index contributed by atoms with van der Waals surface area (Å²) in [6.45, 7) is 0. The molecule has 164 valence electrons. The molecular weight excluding hydrogens is 430 g/mol. The Bertz CT molecular complexity index is 1280. The van der Waals surface area contributed by atoms with E-state index < -0.39 is 16.1 Å². The van der Waals surface area contributed by atoms with Crippen LogP contribution in [-0.2, 0) is 10.0 Å². The summed E-state index contributed by atoms with van der Waals surface area (Å²) in [5, 5.41) is 11.0. The SMILES string of the molecule is COc1ccc([C@H](NS(=O)(=O)c2ccc(-n3cnnn3)c(OC)c2)c2ccccc2)cc1. The fourth-order valence-electron chi connectivity index (χ4n) is 3.28. The molecule has 1 aromatic heterocycles. The maximum absolute atomic E-state index is 13.3. The lowest BCUT2D eigenvalue weighted by atomic mass is 10.00. The van der Waals surface area contributed by atoms with Crippen molar-refractivity contribution >= 4 is 10.0 Å². The van der Waals surface area contributed by atoms with Gasteiger partial charge in [-0.1, -0.05) is 42.5 Å². The van der Waals surface area contributed by atoms with Gasteiger partial charge in [0.15, 0.2) is 0 Å². The third-order valence-corrected chi connectivity index (χ3v) is 6.33. The highest BCUT2D eigenvalue weighted by atomic mass is 32.2. The van der Waals surface area contributed by atoms with Crippen LogP contribution in [0.3, 0.4) is 0 Å². The third kappa shape index (κ3) is 4.46. The number of nitrogens with zero attached hydrogens (tertiary/aromatic N) is 4. The summed E-state index contributed by atoms with van der Waals surface area (Å²) in [6, 6.07) is 20.5. The Kier molecular flexibility index (Phi) is 6.15. The van der Waals surface area contributed by atoms with Crippen LogP contribution in [0.4, 0.5) is 0 Å². The Balaban J connectivity index is 1.71. The minimum absolute atomic E-state index is 0.0561. The molecule has 9 nitrogen and oxygen atoms in total. The molecule has 1 heterocycles. The molecule has 0 amide bonds. The third-order valence-electron chi connectivity index (χ3n) is 4.91. The standard InChI is InChI=1S/C22H21N5O4S/c1-30-18-10-8-17(9-11-18)22(16-6-4-3-5-7-16)24-32(28,29)19-12-13-20(21(14-19)31-2)27-15-23-25-26-27/h3-15,22,24H,1-2H3/t22-/m1/s1. The van der Waals surface area contributed by atoms with Crippen molar-refractivity contribution in [3.63, 3.8) is 0 Å². The number of aromatic nitrogens is 4. The molecule has 1 N–H and O–H groups in total. The Morgan fingerprint density at radius 2 is 1.62 bits per heavy atom. The first-order valence-electron chi connectivity index (χ1n) is 9.64. The van der Waals surface area contributed by atoms with Crippen LogP contribution in [0, 0.1) is 0 Å². The van der Waals surface area contributed by atoms with Gasteiger partial charge in [0.05, 0.1) is 25.2 Å². The molecule has 10 heteroatoms. The molecule has 0 saturated heterocycles. The molecule has 3 aromatic carbocycles. The number of sulfonamides is 1. The Morgan fingerprint density at radius 1 is 0.906 bits per heavy atom. The number of rotatable bonds is 8. The summed E-state index contributed by atoms with van der Waals surface area (Å²) in [7, 11) is -0.874.